The van der Waals surface area contributed by atoms with Crippen molar-refractivity contribution in [1.29, 1.82) is 0 Å². The second-order valence-corrected chi connectivity index (χ2v) is 8.26. The van der Waals surface area contributed by atoms with Gasteiger partial charge < -0.3 is 22.9 Å². The molecule has 4 amide bonds. The van der Waals surface area contributed by atoms with Crippen LogP contribution < -0.4 is 22.9 Å². The average molecular weight is 405 g/mol. The molecule has 0 aliphatic heterocycles. The number of nitrogens with two attached hydrogens (primary N) is 4. The fourth-order valence-corrected chi connectivity index (χ4v) is 1.61. The van der Waals surface area contributed by atoms with E-state index < -0.39 is 0 Å². The lowest BCUT2D eigenvalue weighted by molar-refractivity contribution is -0.119. The van der Waals surface area contributed by atoms with Crippen molar-refractivity contribution < 1.29 is 19.2 Å². The summed E-state index contributed by atoms with van der Waals surface area (Å²) in [6.07, 6.45) is 2.00. The fourth-order valence-electron chi connectivity index (χ4n) is 1.61. The zero-order valence-corrected chi connectivity index (χ0v) is 19.1. The van der Waals surface area contributed by atoms with Crippen LogP contribution in [0.1, 0.15) is 81.1 Å². The van der Waals surface area contributed by atoms with Gasteiger partial charge in [0.25, 0.3) is 0 Å². The Morgan fingerprint density at radius 2 is 0.536 bits per heavy atom. The third-order valence-corrected chi connectivity index (χ3v) is 2.44. The van der Waals surface area contributed by atoms with Crippen molar-refractivity contribution >= 4 is 23.6 Å². The Morgan fingerprint density at radius 1 is 0.429 bits per heavy atom. The molecule has 0 fully saturated rings. The van der Waals surface area contributed by atoms with E-state index in [1.807, 2.05) is 55.4 Å². The molecule has 0 aromatic rings. The first-order valence-corrected chi connectivity index (χ1v) is 9.64. The second-order valence-electron chi connectivity index (χ2n) is 8.26. The largest absolute Gasteiger partial charge is 0.370 e. The first kappa shape index (κ1) is 33.5. The maximum Gasteiger partial charge on any atom is 0.217 e. The van der Waals surface area contributed by atoms with Crippen LogP contribution in [0.2, 0.25) is 0 Å². The van der Waals surface area contributed by atoms with Crippen LogP contribution >= 0.6 is 0 Å². The van der Waals surface area contributed by atoms with Crippen molar-refractivity contribution in [2.75, 3.05) is 0 Å². The zero-order chi connectivity index (χ0) is 23.4. The molecule has 8 heteroatoms. The number of primary amides is 4. The normalized spacial score (nSPS) is 9.57. The van der Waals surface area contributed by atoms with Crippen molar-refractivity contribution in [3.05, 3.63) is 0 Å². The number of carbonyl (C=O) groups excluding carboxylic acids is 4. The van der Waals surface area contributed by atoms with E-state index in [9.17, 15) is 19.2 Å². The van der Waals surface area contributed by atoms with Crippen LogP contribution in [0.4, 0.5) is 0 Å². The van der Waals surface area contributed by atoms with Crippen LogP contribution in [0.5, 0.6) is 0 Å². The molecule has 0 aromatic heterocycles. The maximum atomic E-state index is 10.0. The monoisotopic (exact) mass is 404 g/mol. The van der Waals surface area contributed by atoms with Gasteiger partial charge in [-0.15, -0.1) is 0 Å². The third-order valence-electron chi connectivity index (χ3n) is 2.44. The van der Waals surface area contributed by atoms with Gasteiger partial charge in [-0.25, -0.2) is 0 Å². The number of rotatable bonds is 8. The van der Waals surface area contributed by atoms with Crippen LogP contribution in [0.25, 0.3) is 0 Å². The van der Waals surface area contributed by atoms with Crippen LogP contribution in [-0.4, -0.2) is 23.6 Å². The van der Waals surface area contributed by atoms with Gasteiger partial charge in [0.1, 0.15) is 0 Å². The molecule has 0 aromatic carbocycles. The summed E-state index contributed by atoms with van der Waals surface area (Å²) in [5, 5.41) is 0. The lowest BCUT2D eigenvalue weighted by Crippen LogP contribution is -2.12. The van der Waals surface area contributed by atoms with E-state index >= 15 is 0 Å². The molecule has 0 unspecified atom stereocenters. The highest BCUT2D eigenvalue weighted by Crippen LogP contribution is 1.97. The molecule has 0 aliphatic rings. The highest BCUT2D eigenvalue weighted by atomic mass is 16.2. The molecule has 0 bridgehead atoms. The van der Waals surface area contributed by atoms with Gasteiger partial charge in [-0.1, -0.05) is 55.4 Å². The Bertz CT molecular complexity index is 354. The van der Waals surface area contributed by atoms with E-state index in [-0.39, 0.29) is 23.6 Å². The molecular weight excluding hydrogens is 360 g/mol. The number of hydrogen-bond donors (Lipinski definition) is 4. The summed E-state index contributed by atoms with van der Waals surface area (Å²) in [6, 6.07) is 0. The summed E-state index contributed by atoms with van der Waals surface area (Å²) in [6.45, 7) is 15.7. The molecular formula is C20H44N4O4. The molecule has 0 aliphatic carbocycles. The summed E-state index contributed by atoms with van der Waals surface area (Å²) in [5.41, 5.74) is 19.4. The second kappa shape index (κ2) is 21.2. The van der Waals surface area contributed by atoms with Gasteiger partial charge >= 0.3 is 0 Å². The average Bonchev–Trinajstić information content (AvgIpc) is 2.32. The van der Waals surface area contributed by atoms with Gasteiger partial charge in [0.15, 0.2) is 0 Å². The molecule has 28 heavy (non-hydrogen) atoms. The van der Waals surface area contributed by atoms with Crippen LogP contribution in [0, 0.1) is 23.7 Å². The van der Waals surface area contributed by atoms with Crippen molar-refractivity contribution in [2.45, 2.75) is 81.1 Å². The quantitative estimate of drug-likeness (QED) is 0.485. The zero-order valence-electron chi connectivity index (χ0n) is 19.1. The lowest BCUT2D eigenvalue weighted by atomic mass is 10.1. The van der Waals surface area contributed by atoms with E-state index in [1.165, 1.54) is 0 Å². The number of amides is 4. The van der Waals surface area contributed by atoms with E-state index in [0.717, 1.165) is 0 Å². The molecule has 0 rings (SSSR count). The standard InChI is InChI=1S/4C5H11NO/c4*1-4(2)3-5(6)7/h4*4H,3H2,1-2H3,(H2,6,7). The minimum absolute atomic E-state index is 0.213. The van der Waals surface area contributed by atoms with Crippen molar-refractivity contribution in [2.24, 2.45) is 46.6 Å². The molecule has 0 heterocycles. The van der Waals surface area contributed by atoms with E-state index in [1.54, 1.807) is 0 Å². The third kappa shape index (κ3) is 64.9. The van der Waals surface area contributed by atoms with Crippen molar-refractivity contribution in [1.82, 2.24) is 0 Å². The summed E-state index contributed by atoms with van der Waals surface area (Å²) < 4.78 is 0. The molecule has 8 N–H and O–H groups in total. The summed E-state index contributed by atoms with van der Waals surface area (Å²) >= 11 is 0. The van der Waals surface area contributed by atoms with Gasteiger partial charge in [0.05, 0.1) is 0 Å². The van der Waals surface area contributed by atoms with Crippen LogP contribution in [-0.2, 0) is 19.2 Å². The fraction of sp³-hybridized carbons (Fsp3) is 0.800. The Kier molecular flexibility index (Phi) is 25.3. The van der Waals surface area contributed by atoms with Crippen molar-refractivity contribution in [3.63, 3.8) is 0 Å². The highest BCUT2D eigenvalue weighted by Gasteiger charge is 1.97. The van der Waals surface area contributed by atoms with Gasteiger partial charge in [-0.3, -0.25) is 19.2 Å². The van der Waals surface area contributed by atoms with Gasteiger partial charge in [0.2, 0.25) is 23.6 Å². The predicted octanol–water partition coefficient (Wildman–Crippen LogP) is 2.07. The Morgan fingerprint density at radius 3 is 0.536 bits per heavy atom. The predicted molar refractivity (Wildman–Crippen MR) is 115 cm³/mol. The smallest absolute Gasteiger partial charge is 0.217 e. The molecule has 0 atom stereocenters. The Balaban J connectivity index is -0.000000137. The Labute approximate surface area is 171 Å². The lowest BCUT2D eigenvalue weighted by Gasteiger charge is -1.95. The molecule has 0 saturated carbocycles. The summed E-state index contributed by atoms with van der Waals surface area (Å²) in [4.78, 5) is 40.1. The first-order valence-electron chi connectivity index (χ1n) is 9.64. The number of hydrogen-bond acceptors (Lipinski definition) is 4. The molecule has 8 nitrogen and oxygen atoms in total. The molecule has 0 radical (unpaired) electrons. The minimum Gasteiger partial charge on any atom is -0.370 e. The summed E-state index contributed by atoms with van der Waals surface area (Å²) in [7, 11) is 0. The summed E-state index contributed by atoms with van der Waals surface area (Å²) in [5.74, 6) is 0.750. The maximum absolute atomic E-state index is 10.0. The van der Waals surface area contributed by atoms with Gasteiger partial charge in [0, 0.05) is 25.7 Å². The first-order chi connectivity index (χ1) is 12.5. The van der Waals surface area contributed by atoms with Crippen molar-refractivity contribution in [3.8, 4) is 0 Å². The Hall–Kier alpha value is -2.12. The topological polar surface area (TPSA) is 172 Å². The van der Waals surface area contributed by atoms with Gasteiger partial charge in [-0.05, 0) is 23.7 Å². The molecule has 0 saturated heterocycles. The SMILES string of the molecule is CC(C)CC(N)=O.CC(C)CC(N)=O.CC(C)CC(N)=O.CC(C)CC(N)=O. The van der Waals surface area contributed by atoms with Crippen LogP contribution in [0.3, 0.4) is 0 Å². The van der Waals surface area contributed by atoms with E-state index in [4.69, 9.17) is 22.9 Å². The highest BCUT2D eigenvalue weighted by molar-refractivity contribution is 5.74. The molecule has 168 valence electrons. The van der Waals surface area contributed by atoms with Crippen LogP contribution in [0.15, 0.2) is 0 Å². The van der Waals surface area contributed by atoms with E-state index in [0.29, 0.717) is 49.4 Å². The molecule has 0 spiro atoms. The van der Waals surface area contributed by atoms with E-state index in [2.05, 4.69) is 0 Å². The van der Waals surface area contributed by atoms with Gasteiger partial charge in [-0.2, -0.15) is 0 Å². The number of carbonyl (C=O) groups is 4. The minimum atomic E-state index is -0.213.